The third-order valence-electron chi connectivity index (χ3n) is 4.03. The zero-order chi connectivity index (χ0) is 16.0. The zero-order valence-electron chi connectivity index (χ0n) is 12.6. The van der Waals surface area contributed by atoms with Crippen LogP contribution >= 0.6 is 0 Å². The molecule has 2 aromatic heterocycles. The summed E-state index contributed by atoms with van der Waals surface area (Å²) >= 11 is 0. The van der Waals surface area contributed by atoms with E-state index in [0.717, 1.165) is 35.5 Å². The Morgan fingerprint density at radius 2 is 2.13 bits per heavy atom. The molecule has 1 saturated carbocycles. The van der Waals surface area contributed by atoms with Crippen molar-refractivity contribution >= 4 is 11.6 Å². The maximum atomic E-state index is 11.3. The smallest absolute Gasteiger partial charge is 0.354 e. The van der Waals surface area contributed by atoms with E-state index in [-0.39, 0.29) is 5.69 Å². The van der Waals surface area contributed by atoms with Gasteiger partial charge >= 0.3 is 5.97 Å². The van der Waals surface area contributed by atoms with Crippen LogP contribution in [0.5, 0.6) is 5.75 Å². The Hall–Kier alpha value is -2.89. The van der Waals surface area contributed by atoms with Crippen molar-refractivity contribution in [2.24, 2.45) is 0 Å². The van der Waals surface area contributed by atoms with E-state index in [1.807, 2.05) is 30.3 Å². The number of aromatic nitrogens is 3. The van der Waals surface area contributed by atoms with Crippen molar-refractivity contribution in [1.29, 1.82) is 0 Å². The summed E-state index contributed by atoms with van der Waals surface area (Å²) in [7, 11) is 1.62. The number of nitrogens with zero attached hydrogens (tertiary/aromatic N) is 3. The highest BCUT2D eigenvalue weighted by molar-refractivity contribution is 5.86. The van der Waals surface area contributed by atoms with Crippen LogP contribution in [0.3, 0.4) is 0 Å². The van der Waals surface area contributed by atoms with Crippen LogP contribution in [0.15, 0.2) is 36.4 Å². The lowest BCUT2D eigenvalue weighted by Crippen LogP contribution is -2.06. The third-order valence-corrected chi connectivity index (χ3v) is 4.03. The molecular weight excluding hydrogens is 294 g/mol. The first kappa shape index (κ1) is 13.8. The lowest BCUT2D eigenvalue weighted by atomic mass is 10.1. The van der Waals surface area contributed by atoms with Crippen LogP contribution in [0.4, 0.5) is 0 Å². The molecule has 0 spiro atoms. The molecule has 1 aromatic carbocycles. The van der Waals surface area contributed by atoms with E-state index >= 15 is 0 Å². The molecule has 1 aliphatic rings. The molecule has 6 heteroatoms. The molecule has 1 fully saturated rings. The number of benzene rings is 1. The topological polar surface area (TPSA) is 76.7 Å². The monoisotopic (exact) mass is 309 g/mol. The first-order valence-electron chi connectivity index (χ1n) is 7.44. The molecule has 3 aromatic rings. The molecule has 6 nitrogen and oxygen atoms in total. The highest BCUT2D eigenvalue weighted by Crippen LogP contribution is 2.40. The molecule has 116 valence electrons. The third kappa shape index (κ3) is 2.42. The van der Waals surface area contributed by atoms with E-state index in [1.54, 1.807) is 17.7 Å². The molecule has 1 N–H and O–H groups in total. The van der Waals surface area contributed by atoms with Gasteiger partial charge in [-0.25, -0.2) is 14.3 Å². The molecule has 0 unspecified atom stereocenters. The minimum atomic E-state index is -1.02. The van der Waals surface area contributed by atoms with Crippen molar-refractivity contribution in [2.75, 3.05) is 7.11 Å². The largest absolute Gasteiger partial charge is 0.497 e. The van der Waals surface area contributed by atoms with Gasteiger partial charge in [-0.1, -0.05) is 12.1 Å². The SMILES string of the molecule is COc1cccc(-c2cc3nc(C(=O)O)cc(C4CC4)n3n2)c1. The number of aromatic carboxylic acids is 1. The summed E-state index contributed by atoms with van der Waals surface area (Å²) in [6, 6.07) is 11.1. The fraction of sp³-hybridized carbons (Fsp3) is 0.235. The van der Waals surface area contributed by atoms with Crippen LogP contribution in [-0.2, 0) is 0 Å². The second-order valence-corrected chi connectivity index (χ2v) is 5.68. The van der Waals surface area contributed by atoms with Gasteiger partial charge in [0.1, 0.15) is 5.75 Å². The number of hydrogen-bond donors (Lipinski definition) is 1. The van der Waals surface area contributed by atoms with E-state index < -0.39 is 5.97 Å². The normalized spacial score (nSPS) is 14.1. The minimum Gasteiger partial charge on any atom is -0.497 e. The van der Waals surface area contributed by atoms with Crippen LogP contribution < -0.4 is 4.74 Å². The second-order valence-electron chi connectivity index (χ2n) is 5.68. The van der Waals surface area contributed by atoms with E-state index in [2.05, 4.69) is 10.1 Å². The molecule has 23 heavy (non-hydrogen) atoms. The summed E-state index contributed by atoms with van der Waals surface area (Å²) in [5.41, 5.74) is 3.21. The average Bonchev–Trinajstić information content (AvgIpc) is 3.32. The molecule has 0 saturated heterocycles. The molecule has 0 aliphatic heterocycles. The fourth-order valence-electron chi connectivity index (χ4n) is 2.70. The zero-order valence-corrected chi connectivity index (χ0v) is 12.6. The molecule has 0 atom stereocenters. The van der Waals surface area contributed by atoms with Crippen molar-refractivity contribution in [1.82, 2.24) is 14.6 Å². The van der Waals surface area contributed by atoms with Gasteiger partial charge < -0.3 is 9.84 Å². The Kier molecular flexibility index (Phi) is 3.04. The summed E-state index contributed by atoms with van der Waals surface area (Å²) in [5.74, 6) is 0.108. The van der Waals surface area contributed by atoms with Crippen molar-refractivity contribution in [3.63, 3.8) is 0 Å². The Balaban J connectivity index is 1.89. The highest BCUT2D eigenvalue weighted by Gasteiger charge is 2.28. The van der Waals surface area contributed by atoms with Gasteiger partial charge in [0, 0.05) is 23.2 Å². The Labute approximate surface area is 132 Å². The Morgan fingerprint density at radius 1 is 1.30 bits per heavy atom. The van der Waals surface area contributed by atoms with Gasteiger partial charge in [-0.2, -0.15) is 5.10 Å². The predicted octanol–water partition coefficient (Wildman–Crippen LogP) is 2.98. The number of carboxylic acid groups (broad SMARTS) is 1. The van der Waals surface area contributed by atoms with Crippen LogP contribution in [-0.4, -0.2) is 32.8 Å². The van der Waals surface area contributed by atoms with Crippen LogP contribution in [0, 0.1) is 0 Å². The minimum absolute atomic E-state index is 0.0662. The molecule has 0 bridgehead atoms. The molecule has 4 rings (SSSR count). The molecule has 0 amide bonds. The van der Waals surface area contributed by atoms with Gasteiger partial charge in [0.2, 0.25) is 0 Å². The Morgan fingerprint density at radius 3 is 2.83 bits per heavy atom. The summed E-state index contributed by atoms with van der Waals surface area (Å²) < 4.78 is 7.01. The van der Waals surface area contributed by atoms with Gasteiger partial charge in [-0.05, 0) is 31.0 Å². The van der Waals surface area contributed by atoms with E-state index in [0.29, 0.717) is 11.6 Å². The van der Waals surface area contributed by atoms with E-state index in [9.17, 15) is 9.90 Å². The van der Waals surface area contributed by atoms with Crippen molar-refractivity contribution in [2.45, 2.75) is 18.8 Å². The lowest BCUT2D eigenvalue weighted by molar-refractivity contribution is 0.0690. The number of methoxy groups -OCH3 is 1. The van der Waals surface area contributed by atoms with Gasteiger partial charge in [0.15, 0.2) is 11.3 Å². The lowest BCUT2D eigenvalue weighted by Gasteiger charge is -2.04. The summed E-state index contributed by atoms with van der Waals surface area (Å²) in [5, 5.41) is 13.9. The van der Waals surface area contributed by atoms with Gasteiger partial charge in [0.25, 0.3) is 0 Å². The fourth-order valence-corrected chi connectivity index (χ4v) is 2.70. The standard InChI is InChI=1S/C17H15N3O3/c1-23-12-4-2-3-11(7-12)13-9-16-18-14(17(21)22)8-15(10-5-6-10)20(16)19-13/h2-4,7-10H,5-6H2,1H3,(H,21,22). The quantitative estimate of drug-likeness (QED) is 0.801. The van der Waals surface area contributed by atoms with Crippen LogP contribution in [0.25, 0.3) is 16.9 Å². The average molecular weight is 309 g/mol. The first-order chi connectivity index (χ1) is 11.2. The van der Waals surface area contributed by atoms with E-state index in [1.165, 1.54) is 0 Å². The summed E-state index contributed by atoms with van der Waals surface area (Å²) in [6.45, 7) is 0. The van der Waals surface area contributed by atoms with Crippen LogP contribution in [0.2, 0.25) is 0 Å². The molecule has 1 aliphatic carbocycles. The highest BCUT2D eigenvalue weighted by atomic mass is 16.5. The number of carboxylic acids is 1. The van der Waals surface area contributed by atoms with Gasteiger partial charge in [-0.15, -0.1) is 0 Å². The van der Waals surface area contributed by atoms with Crippen molar-refractivity contribution in [3.05, 3.63) is 47.8 Å². The van der Waals surface area contributed by atoms with Gasteiger partial charge in [-0.3, -0.25) is 0 Å². The number of hydrogen-bond acceptors (Lipinski definition) is 4. The molecule has 0 radical (unpaired) electrons. The number of rotatable bonds is 4. The van der Waals surface area contributed by atoms with Crippen LogP contribution in [0.1, 0.15) is 34.9 Å². The van der Waals surface area contributed by atoms with E-state index in [4.69, 9.17) is 4.74 Å². The summed E-state index contributed by atoms with van der Waals surface area (Å²) in [4.78, 5) is 15.5. The Bertz CT molecular complexity index is 913. The number of fused-ring (bicyclic) bond motifs is 1. The maximum absolute atomic E-state index is 11.3. The number of carbonyl (C=O) groups is 1. The number of ether oxygens (including phenoxy) is 1. The second kappa shape index (κ2) is 5.08. The van der Waals surface area contributed by atoms with Crippen molar-refractivity contribution < 1.29 is 14.6 Å². The predicted molar refractivity (Wildman–Crippen MR) is 83.9 cm³/mol. The first-order valence-corrected chi connectivity index (χ1v) is 7.44. The molecule has 2 heterocycles. The van der Waals surface area contributed by atoms with Gasteiger partial charge in [0.05, 0.1) is 12.8 Å². The molecular formula is C17H15N3O3. The maximum Gasteiger partial charge on any atom is 0.354 e. The van der Waals surface area contributed by atoms with Crippen molar-refractivity contribution in [3.8, 4) is 17.0 Å². The summed E-state index contributed by atoms with van der Waals surface area (Å²) in [6.07, 6.45) is 2.12.